The van der Waals surface area contributed by atoms with Gasteiger partial charge in [0.05, 0.1) is 25.9 Å². The molecule has 0 aliphatic heterocycles. The van der Waals surface area contributed by atoms with E-state index < -0.39 is 11.9 Å². The van der Waals surface area contributed by atoms with Gasteiger partial charge in [-0.1, -0.05) is 12.1 Å². The molecule has 2 aromatic rings. The van der Waals surface area contributed by atoms with E-state index in [2.05, 4.69) is 21.3 Å². The topological polar surface area (TPSA) is 112 Å². The van der Waals surface area contributed by atoms with E-state index in [1.54, 1.807) is 24.3 Å². The molecule has 9 heteroatoms. The fourth-order valence-electron chi connectivity index (χ4n) is 1.91. The van der Waals surface area contributed by atoms with Crippen LogP contribution in [0, 0.1) is 5.82 Å². The lowest BCUT2D eigenvalue weighted by atomic mass is 10.2. The third kappa shape index (κ3) is 7.04. The number of carbonyl (C=O) groups excluding carboxylic acids is 3. The van der Waals surface area contributed by atoms with Gasteiger partial charge in [-0.3, -0.25) is 9.59 Å². The normalized spacial score (nSPS) is 10.0. The molecule has 138 valence electrons. The summed E-state index contributed by atoms with van der Waals surface area (Å²) in [5.41, 5.74) is 0.722. The number of carbonyl (C=O) groups is 3. The number of furan rings is 1. The van der Waals surface area contributed by atoms with Crippen LogP contribution in [0.3, 0.4) is 0 Å². The van der Waals surface area contributed by atoms with Crippen molar-refractivity contribution in [2.45, 2.75) is 13.1 Å². The monoisotopic (exact) mass is 362 g/mol. The Morgan fingerprint density at radius 3 is 2.23 bits per heavy atom. The minimum absolute atomic E-state index is 0.197. The fraction of sp³-hybridized carbons (Fsp3) is 0.235. The molecule has 0 aliphatic rings. The van der Waals surface area contributed by atoms with Gasteiger partial charge in [0.15, 0.2) is 0 Å². The van der Waals surface area contributed by atoms with Gasteiger partial charge in [-0.25, -0.2) is 9.18 Å². The number of rotatable bonds is 8. The molecule has 0 radical (unpaired) electrons. The van der Waals surface area contributed by atoms with E-state index >= 15 is 0 Å². The Morgan fingerprint density at radius 2 is 1.54 bits per heavy atom. The largest absolute Gasteiger partial charge is 0.467 e. The zero-order valence-electron chi connectivity index (χ0n) is 13.9. The van der Waals surface area contributed by atoms with E-state index in [1.165, 1.54) is 18.4 Å². The third-order valence-electron chi connectivity index (χ3n) is 3.26. The van der Waals surface area contributed by atoms with Gasteiger partial charge < -0.3 is 25.7 Å². The number of amides is 4. The minimum atomic E-state index is -0.549. The Labute approximate surface area is 149 Å². The molecule has 1 heterocycles. The highest BCUT2D eigenvalue weighted by atomic mass is 19.1. The van der Waals surface area contributed by atoms with Crippen molar-refractivity contribution < 1.29 is 23.2 Å². The molecule has 0 saturated carbocycles. The first-order valence-electron chi connectivity index (χ1n) is 7.85. The lowest BCUT2D eigenvalue weighted by Gasteiger charge is -2.09. The SMILES string of the molecule is O=C(CNC(=O)CNC(=O)NCc1ccc(F)cc1)NCc1ccco1. The maximum Gasteiger partial charge on any atom is 0.315 e. The molecule has 4 amide bonds. The number of benzene rings is 1. The maximum atomic E-state index is 12.8. The predicted octanol–water partition coefficient (Wildman–Crippen LogP) is 0.651. The van der Waals surface area contributed by atoms with Crippen molar-refractivity contribution in [2.24, 2.45) is 0 Å². The Kier molecular flexibility index (Phi) is 7.17. The molecule has 4 N–H and O–H groups in total. The van der Waals surface area contributed by atoms with Crippen LogP contribution in [0.15, 0.2) is 47.1 Å². The summed E-state index contributed by atoms with van der Waals surface area (Å²) < 4.78 is 17.8. The lowest BCUT2D eigenvalue weighted by Crippen LogP contribution is -2.44. The summed E-state index contributed by atoms with van der Waals surface area (Å²) in [6, 6.07) is 8.54. The summed E-state index contributed by atoms with van der Waals surface area (Å²) >= 11 is 0. The summed E-state index contributed by atoms with van der Waals surface area (Å²) in [6.07, 6.45) is 1.50. The third-order valence-corrected chi connectivity index (χ3v) is 3.26. The first-order valence-corrected chi connectivity index (χ1v) is 7.85. The van der Waals surface area contributed by atoms with Gasteiger partial charge in [0.1, 0.15) is 11.6 Å². The van der Waals surface area contributed by atoms with Crippen LogP contribution >= 0.6 is 0 Å². The van der Waals surface area contributed by atoms with Crippen LogP contribution in [-0.4, -0.2) is 30.9 Å². The highest BCUT2D eigenvalue weighted by molar-refractivity contribution is 5.87. The molecular formula is C17H19FN4O4. The quantitative estimate of drug-likeness (QED) is 0.552. The lowest BCUT2D eigenvalue weighted by molar-refractivity contribution is -0.125. The van der Waals surface area contributed by atoms with Crippen LogP contribution in [-0.2, 0) is 22.7 Å². The highest BCUT2D eigenvalue weighted by Crippen LogP contribution is 2.01. The molecule has 0 fully saturated rings. The van der Waals surface area contributed by atoms with Crippen LogP contribution in [0.2, 0.25) is 0 Å². The Bertz CT molecular complexity index is 732. The van der Waals surface area contributed by atoms with Crippen molar-refractivity contribution in [1.82, 2.24) is 21.3 Å². The van der Waals surface area contributed by atoms with Crippen molar-refractivity contribution in [3.8, 4) is 0 Å². The van der Waals surface area contributed by atoms with E-state index in [-0.39, 0.29) is 37.9 Å². The zero-order chi connectivity index (χ0) is 18.8. The van der Waals surface area contributed by atoms with Gasteiger partial charge in [-0.2, -0.15) is 0 Å². The maximum absolute atomic E-state index is 12.8. The van der Waals surface area contributed by atoms with Crippen molar-refractivity contribution in [1.29, 1.82) is 0 Å². The standard InChI is InChI=1S/C17H19FN4O4/c18-13-5-3-12(4-6-13)8-21-17(25)22-11-16(24)20-10-15(23)19-9-14-2-1-7-26-14/h1-7H,8-11H2,(H,19,23)(H,20,24)(H2,21,22,25). The number of hydrogen-bond donors (Lipinski definition) is 4. The summed E-state index contributed by atoms with van der Waals surface area (Å²) in [4.78, 5) is 34.8. The summed E-state index contributed by atoms with van der Waals surface area (Å²) in [6.45, 7) is -0.0617. The van der Waals surface area contributed by atoms with Gasteiger partial charge >= 0.3 is 6.03 Å². The van der Waals surface area contributed by atoms with E-state index in [0.29, 0.717) is 5.76 Å². The number of nitrogens with one attached hydrogen (secondary N) is 4. The van der Waals surface area contributed by atoms with Crippen molar-refractivity contribution in [2.75, 3.05) is 13.1 Å². The van der Waals surface area contributed by atoms with Crippen molar-refractivity contribution in [3.05, 3.63) is 59.8 Å². The molecule has 0 spiro atoms. The zero-order valence-corrected chi connectivity index (χ0v) is 13.9. The van der Waals surface area contributed by atoms with Gasteiger partial charge in [-0.05, 0) is 29.8 Å². The van der Waals surface area contributed by atoms with E-state index in [0.717, 1.165) is 5.56 Å². The van der Waals surface area contributed by atoms with Gasteiger partial charge in [-0.15, -0.1) is 0 Å². The average molecular weight is 362 g/mol. The molecule has 2 rings (SSSR count). The molecule has 1 aromatic heterocycles. The molecule has 26 heavy (non-hydrogen) atoms. The second kappa shape index (κ2) is 9.82. The van der Waals surface area contributed by atoms with Crippen molar-refractivity contribution >= 4 is 17.8 Å². The molecular weight excluding hydrogens is 343 g/mol. The van der Waals surface area contributed by atoms with Crippen LogP contribution < -0.4 is 21.3 Å². The smallest absolute Gasteiger partial charge is 0.315 e. The van der Waals surface area contributed by atoms with Crippen LogP contribution in [0.4, 0.5) is 9.18 Å². The average Bonchev–Trinajstić information content (AvgIpc) is 3.16. The summed E-state index contributed by atoms with van der Waals surface area (Å²) in [7, 11) is 0. The van der Waals surface area contributed by atoms with Gasteiger partial charge in [0.2, 0.25) is 11.8 Å². The number of halogens is 1. The van der Waals surface area contributed by atoms with E-state index in [4.69, 9.17) is 4.42 Å². The van der Waals surface area contributed by atoms with Crippen LogP contribution in [0.25, 0.3) is 0 Å². The number of hydrogen-bond acceptors (Lipinski definition) is 4. The van der Waals surface area contributed by atoms with Gasteiger partial charge in [0.25, 0.3) is 0 Å². The number of urea groups is 1. The van der Waals surface area contributed by atoms with Crippen LogP contribution in [0.5, 0.6) is 0 Å². The molecule has 0 bridgehead atoms. The molecule has 0 saturated heterocycles. The Balaban J connectivity index is 1.56. The first-order chi connectivity index (χ1) is 12.5. The Morgan fingerprint density at radius 1 is 0.846 bits per heavy atom. The molecule has 8 nitrogen and oxygen atoms in total. The molecule has 0 atom stereocenters. The van der Waals surface area contributed by atoms with Gasteiger partial charge in [0, 0.05) is 6.54 Å². The summed E-state index contributed by atoms with van der Waals surface area (Å²) in [5, 5.41) is 9.85. The predicted molar refractivity (Wildman–Crippen MR) is 90.2 cm³/mol. The van der Waals surface area contributed by atoms with Crippen molar-refractivity contribution in [3.63, 3.8) is 0 Å². The molecule has 1 aromatic carbocycles. The van der Waals surface area contributed by atoms with E-state index in [1.807, 2.05) is 0 Å². The second-order valence-electron chi connectivity index (χ2n) is 5.30. The van der Waals surface area contributed by atoms with E-state index in [9.17, 15) is 18.8 Å². The van der Waals surface area contributed by atoms with Crippen LogP contribution in [0.1, 0.15) is 11.3 Å². The minimum Gasteiger partial charge on any atom is -0.467 e. The summed E-state index contributed by atoms with van der Waals surface area (Å²) in [5.74, 6) is -0.641. The fourth-order valence-corrected chi connectivity index (χ4v) is 1.91. The highest BCUT2D eigenvalue weighted by Gasteiger charge is 2.08. The molecule has 0 aliphatic carbocycles. The Hall–Kier alpha value is -3.36. The molecule has 0 unspecified atom stereocenters. The second-order valence-corrected chi connectivity index (χ2v) is 5.30. The first kappa shape index (κ1) is 19.0.